The van der Waals surface area contributed by atoms with E-state index in [0.29, 0.717) is 24.2 Å². The third kappa shape index (κ3) is 8.89. The standard InChI is InChI=1S/C22H39NOS/c1-5-9-12-19(7-3)17-23(18-20(8-4)13-10-6-2)22(24)16-21-14-11-15-25-21/h11,14-15,19-20H,5-10,12-13,16-18H2,1-4H3. The first-order chi connectivity index (χ1) is 12.1. The molecule has 0 radical (unpaired) electrons. The average molecular weight is 366 g/mol. The minimum absolute atomic E-state index is 0.326. The molecule has 0 aliphatic heterocycles. The molecule has 0 aliphatic carbocycles. The molecule has 144 valence electrons. The maximum absolute atomic E-state index is 13.0. The Kier molecular flexibility index (Phi) is 11.9. The van der Waals surface area contributed by atoms with E-state index in [1.807, 2.05) is 6.07 Å². The Morgan fingerprint density at radius 2 is 1.56 bits per heavy atom. The lowest BCUT2D eigenvalue weighted by Gasteiger charge is -2.31. The summed E-state index contributed by atoms with van der Waals surface area (Å²) >= 11 is 1.70. The van der Waals surface area contributed by atoms with Gasteiger partial charge in [0.2, 0.25) is 5.91 Å². The lowest BCUT2D eigenvalue weighted by molar-refractivity contribution is -0.131. The van der Waals surface area contributed by atoms with Crippen molar-refractivity contribution < 1.29 is 4.79 Å². The molecule has 0 saturated carbocycles. The van der Waals surface area contributed by atoms with E-state index in [2.05, 4.69) is 44.0 Å². The van der Waals surface area contributed by atoms with Crippen LogP contribution in [0.3, 0.4) is 0 Å². The van der Waals surface area contributed by atoms with Crippen molar-refractivity contribution in [3.63, 3.8) is 0 Å². The lowest BCUT2D eigenvalue weighted by Crippen LogP contribution is -2.39. The van der Waals surface area contributed by atoms with Gasteiger partial charge in [-0.3, -0.25) is 4.79 Å². The van der Waals surface area contributed by atoms with Gasteiger partial charge < -0.3 is 4.90 Å². The number of unbranched alkanes of at least 4 members (excludes halogenated alkanes) is 2. The van der Waals surface area contributed by atoms with Crippen molar-refractivity contribution in [3.05, 3.63) is 22.4 Å². The van der Waals surface area contributed by atoms with Gasteiger partial charge in [0.15, 0.2) is 0 Å². The Labute approximate surface area is 160 Å². The van der Waals surface area contributed by atoms with Gasteiger partial charge >= 0.3 is 0 Å². The van der Waals surface area contributed by atoms with Crippen molar-refractivity contribution in [2.24, 2.45) is 11.8 Å². The highest BCUT2D eigenvalue weighted by atomic mass is 32.1. The van der Waals surface area contributed by atoms with Gasteiger partial charge in [0.25, 0.3) is 0 Å². The third-order valence-electron chi connectivity index (χ3n) is 5.30. The largest absolute Gasteiger partial charge is 0.342 e. The quantitative estimate of drug-likeness (QED) is 0.366. The summed E-state index contributed by atoms with van der Waals surface area (Å²) in [6, 6.07) is 4.13. The zero-order chi connectivity index (χ0) is 18.5. The number of thiophene rings is 1. The monoisotopic (exact) mass is 365 g/mol. The number of carbonyl (C=O) groups excluding carboxylic acids is 1. The first-order valence-electron chi connectivity index (χ1n) is 10.4. The number of hydrogen-bond acceptors (Lipinski definition) is 2. The van der Waals surface area contributed by atoms with E-state index in [1.165, 1.54) is 56.2 Å². The van der Waals surface area contributed by atoms with E-state index in [4.69, 9.17) is 0 Å². The van der Waals surface area contributed by atoms with Crippen LogP contribution in [0.4, 0.5) is 0 Å². The van der Waals surface area contributed by atoms with Gasteiger partial charge in [-0.25, -0.2) is 0 Å². The SMILES string of the molecule is CCCCC(CC)CN(CC(CC)CCCC)C(=O)Cc1cccs1. The Hall–Kier alpha value is -0.830. The molecule has 0 spiro atoms. The number of nitrogens with zero attached hydrogens (tertiary/aromatic N) is 1. The van der Waals surface area contributed by atoms with Gasteiger partial charge in [0, 0.05) is 18.0 Å². The van der Waals surface area contributed by atoms with Crippen LogP contribution in [0.15, 0.2) is 17.5 Å². The van der Waals surface area contributed by atoms with Crippen molar-refractivity contribution >= 4 is 17.2 Å². The predicted octanol–water partition coefficient (Wildman–Crippen LogP) is 6.55. The summed E-state index contributed by atoms with van der Waals surface area (Å²) in [6.45, 7) is 11.0. The minimum Gasteiger partial charge on any atom is -0.342 e. The molecule has 1 rings (SSSR count). The molecule has 1 aromatic heterocycles. The molecule has 0 N–H and O–H groups in total. The molecule has 0 aromatic carbocycles. The summed E-state index contributed by atoms with van der Waals surface area (Å²) in [4.78, 5) is 16.4. The third-order valence-corrected chi connectivity index (χ3v) is 6.18. The zero-order valence-electron chi connectivity index (χ0n) is 16.9. The summed E-state index contributed by atoms with van der Waals surface area (Å²) in [5.74, 6) is 1.62. The van der Waals surface area contributed by atoms with Crippen LogP contribution in [0.5, 0.6) is 0 Å². The topological polar surface area (TPSA) is 20.3 Å². The first kappa shape index (κ1) is 22.2. The highest BCUT2D eigenvalue weighted by Crippen LogP contribution is 2.20. The van der Waals surface area contributed by atoms with E-state index >= 15 is 0 Å². The predicted molar refractivity (Wildman–Crippen MR) is 111 cm³/mol. The van der Waals surface area contributed by atoms with Crippen LogP contribution in [0.1, 0.15) is 83.9 Å². The van der Waals surface area contributed by atoms with Crippen molar-refractivity contribution in [3.8, 4) is 0 Å². The van der Waals surface area contributed by atoms with Gasteiger partial charge in [0.1, 0.15) is 0 Å². The molecule has 25 heavy (non-hydrogen) atoms. The second-order valence-corrected chi connectivity index (χ2v) is 8.42. The van der Waals surface area contributed by atoms with Gasteiger partial charge in [0.05, 0.1) is 6.42 Å². The molecule has 0 fully saturated rings. The fourth-order valence-corrected chi connectivity index (χ4v) is 4.11. The molecule has 2 atom stereocenters. The van der Waals surface area contributed by atoms with Crippen molar-refractivity contribution in [2.75, 3.05) is 13.1 Å². The van der Waals surface area contributed by atoms with Crippen LogP contribution in [-0.4, -0.2) is 23.9 Å². The fourth-order valence-electron chi connectivity index (χ4n) is 3.41. The van der Waals surface area contributed by atoms with Crippen LogP contribution < -0.4 is 0 Å². The van der Waals surface area contributed by atoms with Crippen molar-refractivity contribution in [1.82, 2.24) is 4.90 Å². The van der Waals surface area contributed by atoms with Crippen LogP contribution in [0, 0.1) is 11.8 Å². The molecule has 0 aliphatic rings. The molecule has 1 amide bonds. The molecular formula is C22H39NOS. The van der Waals surface area contributed by atoms with E-state index < -0.39 is 0 Å². The molecule has 2 unspecified atom stereocenters. The van der Waals surface area contributed by atoms with Crippen LogP contribution >= 0.6 is 11.3 Å². The van der Waals surface area contributed by atoms with Gasteiger partial charge in [-0.05, 0) is 36.1 Å². The molecule has 1 aromatic rings. The van der Waals surface area contributed by atoms with Crippen LogP contribution in [0.25, 0.3) is 0 Å². The van der Waals surface area contributed by atoms with E-state index in [0.717, 1.165) is 13.1 Å². The zero-order valence-corrected chi connectivity index (χ0v) is 17.7. The molecule has 0 saturated heterocycles. The summed E-state index contributed by atoms with van der Waals surface area (Å²) in [5, 5.41) is 2.07. The lowest BCUT2D eigenvalue weighted by atomic mass is 9.95. The van der Waals surface area contributed by atoms with E-state index in [1.54, 1.807) is 11.3 Å². The minimum atomic E-state index is 0.326. The number of hydrogen-bond donors (Lipinski definition) is 0. The fraction of sp³-hybridized carbons (Fsp3) is 0.773. The highest BCUT2D eigenvalue weighted by molar-refractivity contribution is 7.10. The molecule has 2 nitrogen and oxygen atoms in total. The maximum Gasteiger partial charge on any atom is 0.227 e. The van der Waals surface area contributed by atoms with Gasteiger partial charge in [-0.1, -0.05) is 72.3 Å². The first-order valence-corrected chi connectivity index (χ1v) is 11.3. The Bertz CT molecular complexity index is 425. The van der Waals surface area contributed by atoms with Crippen LogP contribution in [0.2, 0.25) is 0 Å². The Morgan fingerprint density at radius 3 is 1.96 bits per heavy atom. The molecule has 3 heteroatoms. The Morgan fingerprint density at radius 1 is 1.00 bits per heavy atom. The Balaban J connectivity index is 2.74. The number of carbonyl (C=O) groups is 1. The smallest absolute Gasteiger partial charge is 0.227 e. The van der Waals surface area contributed by atoms with E-state index in [9.17, 15) is 4.79 Å². The van der Waals surface area contributed by atoms with Gasteiger partial charge in [-0.15, -0.1) is 11.3 Å². The van der Waals surface area contributed by atoms with Gasteiger partial charge in [-0.2, -0.15) is 0 Å². The van der Waals surface area contributed by atoms with Crippen LogP contribution in [-0.2, 0) is 11.2 Å². The van der Waals surface area contributed by atoms with E-state index in [-0.39, 0.29) is 0 Å². The number of rotatable bonds is 14. The normalized spacial score (nSPS) is 13.6. The van der Waals surface area contributed by atoms with Crippen molar-refractivity contribution in [2.45, 2.75) is 85.5 Å². The average Bonchev–Trinajstić information content (AvgIpc) is 3.13. The number of amides is 1. The second-order valence-electron chi connectivity index (χ2n) is 7.39. The highest BCUT2D eigenvalue weighted by Gasteiger charge is 2.21. The molecule has 1 heterocycles. The van der Waals surface area contributed by atoms with Crippen molar-refractivity contribution in [1.29, 1.82) is 0 Å². The second kappa shape index (κ2) is 13.4. The summed E-state index contributed by atoms with van der Waals surface area (Å²) in [5.41, 5.74) is 0. The molecule has 0 bridgehead atoms. The summed E-state index contributed by atoms with van der Waals surface area (Å²) < 4.78 is 0. The summed E-state index contributed by atoms with van der Waals surface area (Å²) in [7, 11) is 0. The molecular weight excluding hydrogens is 326 g/mol. The maximum atomic E-state index is 13.0. The summed E-state index contributed by atoms with van der Waals surface area (Å²) in [6.07, 6.45) is 10.5.